The molecule has 1 atom stereocenters. The zero-order valence-corrected chi connectivity index (χ0v) is 13.0. The van der Waals surface area contributed by atoms with Crippen molar-refractivity contribution < 1.29 is 9.15 Å². The van der Waals surface area contributed by atoms with Crippen molar-refractivity contribution >= 4 is 11.1 Å². The Morgan fingerprint density at radius 1 is 1.32 bits per heavy atom. The lowest BCUT2D eigenvalue weighted by atomic mass is 10.1. The SMILES string of the molecule is Cc1ccc2oc(=O)n(CN(CC3CCOC3)C3CC3)c2c1. The van der Waals surface area contributed by atoms with Crippen LogP contribution in [0.1, 0.15) is 24.8 Å². The second kappa shape index (κ2) is 5.56. The second-order valence-electron chi connectivity index (χ2n) is 6.64. The molecule has 118 valence electrons. The molecule has 0 amide bonds. The minimum absolute atomic E-state index is 0.256. The highest BCUT2D eigenvalue weighted by molar-refractivity contribution is 5.73. The average molecular weight is 302 g/mol. The molecule has 1 aliphatic carbocycles. The van der Waals surface area contributed by atoms with Crippen molar-refractivity contribution in [2.75, 3.05) is 19.8 Å². The first kappa shape index (κ1) is 14.0. The largest absolute Gasteiger partial charge is 0.421 e. The zero-order valence-electron chi connectivity index (χ0n) is 13.0. The van der Waals surface area contributed by atoms with E-state index in [1.54, 1.807) is 4.57 Å². The van der Waals surface area contributed by atoms with Crippen LogP contribution in [0.4, 0.5) is 0 Å². The van der Waals surface area contributed by atoms with Crippen LogP contribution in [0.5, 0.6) is 0 Å². The van der Waals surface area contributed by atoms with E-state index < -0.39 is 0 Å². The van der Waals surface area contributed by atoms with E-state index >= 15 is 0 Å². The number of oxazole rings is 1. The van der Waals surface area contributed by atoms with Crippen molar-refractivity contribution in [3.05, 3.63) is 34.3 Å². The van der Waals surface area contributed by atoms with Gasteiger partial charge in [0.15, 0.2) is 5.58 Å². The lowest BCUT2D eigenvalue weighted by Gasteiger charge is -2.24. The van der Waals surface area contributed by atoms with Crippen LogP contribution in [0.15, 0.2) is 27.4 Å². The van der Waals surface area contributed by atoms with Gasteiger partial charge in [-0.1, -0.05) is 6.07 Å². The van der Waals surface area contributed by atoms with E-state index in [9.17, 15) is 4.79 Å². The van der Waals surface area contributed by atoms with Gasteiger partial charge in [-0.05, 0) is 49.8 Å². The molecule has 22 heavy (non-hydrogen) atoms. The molecule has 1 aromatic carbocycles. The molecule has 4 rings (SSSR count). The fraction of sp³-hybridized carbons (Fsp3) is 0.588. The predicted octanol–water partition coefficient (Wildman–Crippen LogP) is 2.36. The normalized spacial score (nSPS) is 22.0. The molecule has 0 radical (unpaired) electrons. The van der Waals surface area contributed by atoms with E-state index in [1.165, 1.54) is 12.8 Å². The molecule has 2 heterocycles. The minimum atomic E-state index is -0.256. The molecule has 1 saturated heterocycles. The third-order valence-electron chi connectivity index (χ3n) is 4.73. The highest BCUT2D eigenvalue weighted by Crippen LogP contribution is 2.30. The number of hydrogen-bond donors (Lipinski definition) is 0. The molecule has 5 heteroatoms. The predicted molar refractivity (Wildman–Crippen MR) is 83.9 cm³/mol. The maximum atomic E-state index is 12.2. The van der Waals surface area contributed by atoms with Crippen molar-refractivity contribution in [1.82, 2.24) is 9.47 Å². The van der Waals surface area contributed by atoms with Gasteiger partial charge < -0.3 is 9.15 Å². The number of hydrogen-bond acceptors (Lipinski definition) is 4. The summed E-state index contributed by atoms with van der Waals surface area (Å²) in [7, 11) is 0. The molecule has 1 unspecified atom stereocenters. The Bertz CT molecular complexity index is 723. The monoisotopic (exact) mass is 302 g/mol. The Morgan fingerprint density at radius 3 is 2.91 bits per heavy atom. The van der Waals surface area contributed by atoms with Gasteiger partial charge in [-0.3, -0.25) is 9.47 Å². The van der Waals surface area contributed by atoms with Gasteiger partial charge in [-0.15, -0.1) is 0 Å². The molecule has 2 aliphatic rings. The van der Waals surface area contributed by atoms with E-state index in [0.29, 0.717) is 24.2 Å². The zero-order chi connectivity index (χ0) is 15.1. The van der Waals surface area contributed by atoms with E-state index in [-0.39, 0.29) is 5.76 Å². The Hall–Kier alpha value is -1.59. The Morgan fingerprint density at radius 2 is 2.18 bits per heavy atom. The number of fused-ring (bicyclic) bond motifs is 1. The van der Waals surface area contributed by atoms with E-state index in [2.05, 4.69) is 4.90 Å². The van der Waals surface area contributed by atoms with Crippen molar-refractivity contribution in [2.45, 2.75) is 38.9 Å². The summed E-state index contributed by atoms with van der Waals surface area (Å²) in [5, 5.41) is 0. The molecule has 2 fully saturated rings. The van der Waals surface area contributed by atoms with Crippen molar-refractivity contribution in [3.8, 4) is 0 Å². The van der Waals surface area contributed by atoms with Crippen molar-refractivity contribution in [1.29, 1.82) is 0 Å². The third kappa shape index (κ3) is 2.71. The van der Waals surface area contributed by atoms with Gasteiger partial charge in [0.2, 0.25) is 0 Å². The number of nitrogens with zero attached hydrogens (tertiary/aromatic N) is 2. The van der Waals surface area contributed by atoms with Gasteiger partial charge in [0.05, 0.1) is 18.8 Å². The highest BCUT2D eigenvalue weighted by atomic mass is 16.5. The Balaban J connectivity index is 1.61. The summed E-state index contributed by atoms with van der Waals surface area (Å²) < 4.78 is 12.6. The minimum Gasteiger partial charge on any atom is -0.408 e. The van der Waals surface area contributed by atoms with Crippen LogP contribution in [0, 0.1) is 12.8 Å². The summed E-state index contributed by atoms with van der Waals surface area (Å²) in [5.74, 6) is 0.338. The molecule has 1 saturated carbocycles. The maximum absolute atomic E-state index is 12.2. The lowest BCUT2D eigenvalue weighted by Crippen LogP contribution is -2.36. The van der Waals surface area contributed by atoms with Crippen LogP contribution < -0.4 is 5.76 Å². The molecule has 2 aromatic rings. The third-order valence-corrected chi connectivity index (χ3v) is 4.73. The van der Waals surface area contributed by atoms with Crippen molar-refractivity contribution in [2.24, 2.45) is 5.92 Å². The summed E-state index contributed by atoms with van der Waals surface area (Å²) in [4.78, 5) is 14.6. The molecule has 1 aromatic heterocycles. The second-order valence-corrected chi connectivity index (χ2v) is 6.64. The molecule has 1 aliphatic heterocycles. The topological polar surface area (TPSA) is 47.6 Å². The van der Waals surface area contributed by atoms with Gasteiger partial charge >= 0.3 is 5.76 Å². The number of ether oxygens (including phenoxy) is 1. The molecule has 0 N–H and O–H groups in total. The summed E-state index contributed by atoms with van der Waals surface area (Å²) >= 11 is 0. The lowest BCUT2D eigenvalue weighted by molar-refractivity contribution is 0.145. The van der Waals surface area contributed by atoms with Gasteiger partial charge in [-0.25, -0.2) is 4.79 Å². The van der Waals surface area contributed by atoms with E-state index in [4.69, 9.17) is 9.15 Å². The van der Waals surface area contributed by atoms with Gasteiger partial charge in [0.1, 0.15) is 0 Å². The number of benzene rings is 1. The Kier molecular flexibility index (Phi) is 3.54. The first-order valence-electron chi connectivity index (χ1n) is 8.12. The van der Waals surface area contributed by atoms with Crippen LogP contribution in [0.2, 0.25) is 0 Å². The van der Waals surface area contributed by atoms with Crippen LogP contribution in [-0.2, 0) is 11.4 Å². The molecular weight excluding hydrogens is 280 g/mol. The summed E-state index contributed by atoms with van der Waals surface area (Å²) in [5.41, 5.74) is 2.72. The quantitative estimate of drug-likeness (QED) is 0.850. The molecule has 0 spiro atoms. The number of aromatic nitrogens is 1. The molecule has 5 nitrogen and oxygen atoms in total. The van der Waals surface area contributed by atoms with Crippen LogP contribution in [0.3, 0.4) is 0 Å². The van der Waals surface area contributed by atoms with Gasteiger partial charge in [0, 0.05) is 19.2 Å². The smallest absolute Gasteiger partial charge is 0.408 e. The maximum Gasteiger partial charge on any atom is 0.421 e. The first-order chi connectivity index (χ1) is 10.7. The van der Waals surface area contributed by atoms with Crippen LogP contribution in [-0.4, -0.2) is 35.3 Å². The van der Waals surface area contributed by atoms with E-state index in [1.807, 2.05) is 25.1 Å². The van der Waals surface area contributed by atoms with Crippen LogP contribution in [0.25, 0.3) is 11.1 Å². The number of aryl methyl sites for hydroxylation is 1. The number of rotatable bonds is 5. The van der Waals surface area contributed by atoms with Crippen molar-refractivity contribution in [3.63, 3.8) is 0 Å². The fourth-order valence-corrected chi connectivity index (χ4v) is 3.31. The van der Waals surface area contributed by atoms with Crippen LogP contribution >= 0.6 is 0 Å². The van der Waals surface area contributed by atoms with Gasteiger partial charge in [-0.2, -0.15) is 0 Å². The fourth-order valence-electron chi connectivity index (χ4n) is 3.31. The highest BCUT2D eigenvalue weighted by Gasteiger charge is 2.32. The average Bonchev–Trinajstić information content (AvgIpc) is 3.14. The van der Waals surface area contributed by atoms with Gasteiger partial charge in [0.25, 0.3) is 0 Å². The molecular formula is C17H22N2O3. The standard InChI is InChI=1S/C17H22N2O3/c1-12-2-5-16-15(8-12)19(17(20)22-16)11-18(14-3-4-14)9-13-6-7-21-10-13/h2,5,8,13-14H,3-4,6-7,9-11H2,1H3. The summed E-state index contributed by atoms with van der Waals surface area (Å²) in [6.45, 7) is 5.39. The molecule has 0 bridgehead atoms. The summed E-state index contributed by atoms with van der Waals surface area (Å²) in [6, 6.07) is 6.51. The van der Waals surface area contributed by atoms with E-state index in [0.717, 1.165) is 37.3 Å². The summed E-state index contributed by atoms with van der Waals surface area (Å²) in [6.07, 6.45) is 3.59. The first-order valence-corrected chi connectivity index (χ1v) is 8.12. The Labute approximate surface area is 129 Å².